The van der Waals surface area contributed by atoms with Crippen molar-refractivity contribution in [2.24, 2.45) is 5.73 Å². The number of nitrogens with zero attached hydrogens (tertiary/aromatic N) is 2. The molecule has 0 aliphatic rings. The summed E-state index contributed by atoms with van der Waals surface area (Å²) in [5.74, 6) is -2.18. The van der Waals surface area contributed by atoms with Gasteiger partial charge in [-0.2, -0.15) is 4.98 Å². The number of carbonyl (C=O) groups excluding carboxylic acids is 3. The minimum atomic E-state index is -0.923. The lowest BCUT2D eigenvalue weighted by Crippen LogP contribution is -2.41. The highest BCUT2D eigenvalue weighted by Crippen LogP contribution is 2.13. The van der Waals surface area contributed by atoms with Gasteiger partial charge in [0.25, 0.3) is 5.91 Å². The van der Waals surface area contributed by atoms with Gasteiger partial charge in [-0.1, -0.05) is 47.6 Å². The summed E-state index contributed by atoms with van der Waals surface area (Å²) in [6.07, 6.45) is 1.33. The summed E-state index contributed by atoms with van der Waals surface area (Å²) < 4.78 is 37.2. The van der Waals surface area contributed by atoms with Gasteiger partial charge in [0, 0.05) is 18.2 Å². The summed E-state index contributed by atoms with van der Waals surface area (Å²) >= 11 is 0. The molecule has 1 unspecified atom stereocenters. The Labute approximate surface area is 253 Å². The summed E-state index contributed by atoms with van der Waals surface area (Å²) in [5, 5.41) is 9.14. The number of nitrogens with two attached hydrogens (primary N) is 1. The van der Waals surface area contributed by atoms with Crippen LogP contribution < -0.4 is 16.4 Å². The third-order valence-electron chi connectivity index (χ3n) is 6.65. The second-order valence-corrected chi connectivity index (χ2v) is 10.1. The van der Waals surface area contributed by atoms with Crippen molar-refractivity contribution < 1.29 is 32.4 Å². The molecule has 0 aliphatic carbocycles. The third-order valence-corrected chi connectivity index (χ3v) is 6.65. The first-order valence-corrected chi connectivity index (χ1v) is 14.2. The predicted molar refractivity (Wildman–Crippen MR) is 157 cm³/mol. The number of alkyl carbamates (subject to hydrolysis) is 1. The van der Waals surface area contributed by atoms with Crippen molar-refractivity contribution in [2.45, 2.75) is 44.8 Å². The van der Waals surface area contributed by atoms with Gasteiger partial charge in [0.1, 0.15) is 18.2 Å². The molecule has 10 nitrogen and oxygen atoms in total. The van der Waals surface area contributed by atoms with Crippen molar-refractivity contribution in [1.29, 1.82) is 0 Å². The molecule has 44 heavy (non-hydrogen) atoms. The summed E-state index contributed by atoms with van der Waals surface area (Å²) in [6.45, 7) is 0.705. The van der Waals surface area contributed by atoms with Crippen molar-refractivity contribution in [3.05, 3.63) is 118 Å². The Hall–Kier alpha value is -4.97. The lowest BCUT2D eigenvalue weighted by atomic mass is 10.0. The first kappa shape index (κ1) is 32.0. The lowest BCUT2D eigenvalue weighted by molar-refractivity contribution is 0.0896. The van der Waals surface area contributed by atoms with E-state index in [1.165, 1.54) is 12.1 Å². The van der Waals surface area contributed by atoms with E-state index in [1.54, 1.807) is 24.3 Å². The maximum absolute atomic E-state index is 13.3. The van der Waals surface area contributed by atoms with Crippen LogP contribution in [0, 0.1) is 11.6 Å². The average Bonchev–Trinajstić information content (AvgIpc) is 3.48. The Morgan fingerprint density at radius 3 is 2.34 bits per heavy atom. The van der Waals surface area contributed by atoms with Crippen LogP contribution in [-0.4, -0.2) is 47.1 Å². The number of halogens is 2. The van der Waals surface area contributed by atoms with Crippen LogP contribution in [0.4, 0.5) is 13.6 Å². The number of ether oxygens (including phenoxy) is 1. The molecule has 0 bridgehead atoms. The number of nitrogens with one attached hydrogen (secondary N) is 2. The average molecular weight is 606 g/mol. The molecule has 230 valence electrons. The van der Waals surface area contributed by atoms with Gasteiger partial charge >= 0.3 is 6.09 Å². The van der Waals surface area contributed by atoms with Gasteiger partial charge < -0.3 is 25.6 Å². The van der Waals surface area contributed by atoms with Crippen LogP contribution >= 0.6 is 0 Å². The molecule has 4 aromatic rings. The van der Waals surface area contributed by atoms with E-state index < -0.39 is 29.6 Å². The summed E-state index contributed by atoms with van der Waals surface area (Å²) in [5.41, 5.74) is 7.98. The quantitative estimate of drug-likeness (QED) is 0.132. The zero-order chi connectivity index (χ0) is 31.3. The number of benzene rings is 3. The second kappa shape index (κ2) is 16.0. The Morgan fingerprint density at radius 2 is 1.64 bits per heavy atom. The first-order chi connectivity index (χ1) is 21.3. The van der Waals surface area contributed by atoms with Crippen LogP contribution in [0.5, 0.6) is 0 Å². The Kier molecular flexibility index (Phi) is 11.6. The van der Waals surface area contributed by atoms with Crippen LogP contribution in [-0.2, 0) is 24.2 Å². The van der Waals surface area contributed by atoms with Crippen LogP contribution in [0.25, 0.3) is 0 Å². The standard InChI is InChI=1S/C32H33F2N5O5/c33-25-16-23(17-26(34)19-25)13-15-36-31(41)24-11-9-21(10-12-24)18-28-38-30(39-44-28)29(40)27(8-4-5-14-35)37-32(42)43-20-22-6-2-1-3-7-22/h1-3,6-7,9-12,16-17,19,27H,4-5,8,13-15,18,20,35H2,(H,36,41)(H,37,42). The molecule has 0 saturated heterocycles. The number of carbonyl (C=O) groups is 3. The van der Waals surface area contributed by atoms with E-state index in [0.29, 0.717) is 36.9 Å². The highest BCUT2D eigenvalue weighted by Gasteiger charge is 2.27. The smallest absolute Gasteiger partial charge is 0.408 e. The van der Waals surface area contributed by atoms with Gasteiger partial charge in [-0.15, -0.1) is 0 Å². The molecule has 2 amide bonds. The topological polar surface area (TPSA) is 149 Å². The fourth-order valence-electron chi connectivity index (χ4n) is 4.38. The van der Waals surface area contributed by atoms with E-state index in [4.69, 9.17) is 15.0 Å². The SMILES string of the molecule is NCCCCC(NC(=O)OCc1ccccc1)C(=O)c1noc(Cc2ccc(C(=O)NCCc3cc(F)cc(F)c3)cc2)n1. The fraction of sp³-hybridized carbons (Fsp3) is 0.281. The van der Waals surface area contributed by atoms with Crippen LogP contribution in [0.3, 0.4) is 0 Å². The molecule has 1 heterocycles. The molecule has 0 spiro atoms. The van der Waals surface area contributed by atoms with E-state index in [-0.39, 0.29) is 43.6 Å². The molecule has 4 rings (SSSR count). The Morgan fingerprint density at radius 1 is 0.909 bits per heavy atom. The van der Waals surface area contributed by atoms with Gasteiger partial charge in [-0.25, -0.2) is 13.6 Å². The second-order valence-electron chi connectivity index (χ2n) is 10.1. The third kappa shape index (κ3) is 9.80. The largest absolute Gasteiger partial charge is 0.445 e. The monoisotopic (exact) mass is 605 g/mol. The van der Waals surface area contributed by atoms with Crippen molar-refractivity contribution in [3.63, 3.8) is 0 Å². The maximum atomic E-state index is 13.3. The minimum Gasteiger partial charge on any atom is -0.445 e. The number of hydrogen-bond donors (Lipinski definition) is 3. The highest BCUT2D eigenvalue weighted by molar-refractivity contribution is 5.98. The first-order valence-electron chi connectivity index (χ1n) is 14.2. The normalized spacial score (nSPS) is 11.5. The van der Waals surface area contributed by atoms with Crippen LogP contribution in [0.15, 0.2) is 77.3 Å². The summed E-state index contributed by atoms with van der Waals surface area (Å²) in [7, 11) is 0. The van der Waals surface area contributed by atoms with Gasteiger partial charge in [0.2, 0.25) is 17.5 Å². The number of ketones is 1. The number of unbranched alkanes of at least 4 members (excludes halogenated alkanes) is 1. The Bertz CT molecular complexity index is 1530. The minimum absolute atomic E-state index is 0.0549. The van der Waals surface area contributed by atoms with E-state index in [9.17, 15) is 23.2 Å². The molecule has 1 aromatic heterocycles. The van der Waals surface area contributed by atoms with Gasteiger partial charge in [-0.05, 0) is 73.2 Å². The number of rotatable bonds is 15. The van der Waals surface area contributed by atoms with Gasteiger partial charge in [-0.3, -0.25) is 9.59 Å². The van der Waals surface area contributed by atoms with Crippen molar-refractivity contribution >= 4 is 17.8 Å². The molecule has 3 aromatic carbocycles. The molecule has 0 fully saturated rings. The van der Waals surface area contributed by atoms with Crippen molar-refractivity contribution in [3.8, 4) is 0 Å². The highest BCUT2D eigenvalue weighted by atomic mass is 19.1. The van der Waals surface area contributed by atoms with Crippen LogP contribution in [0.1, 0.15) is 62.8 Å². The lowest BCUT2D eigenvalue weighted by Gasteiger charge is -2.16. The number of aromatic nitrogens is 2. The fourth-order valence-corrected chi connectivity index (χ4v) is 4.38. The maximum Gasteiger partial charge on any atom is 0.408 e. The zero-order valence-corrected chi connectivity index (χ0v) is 23.9. The molecular formula is C32H33F2N5O5. The van der Waals surface area contributed by atoms with Gasteiger partial charge in [0.05, 0.1) is 12.5 Å². The Balaban J connectivity index is 1.30. The van der Waals surface area contributed by atoms with E-state index in [0.717, 1.165) is 17.2 Å². The molecule has 0 aliphatic heterocycles. The number of Topliss-reactive ketones (excluding diaryl/α,β-unsaturated/α-hetero) is 1. The van der Waals surface area contributed by atoms with Gasteiger partial charge in [0.15, 0.2) is 0 Å². The molecule has 0 saturated carbocycles. The number of amides is 2. The summed E-state index contributed by atoms with van der Waals surface area (Å²) in [4.78, 5) is 42.3. The predicted octanol–water partition coefficient (Wildman–Crippen LogP) is 4.52. The molecule has 12 heteroatoms. The molecule has 1 atom stereocenters. The zero-order valence-electron chi connectivity index (χ0n) is 23.9. The van der Waals surface area contributed by atoms with E-state index in [1.807, 2.05) is 30.3 Å². The summed E-state index contributed by atoms with van der Waals surface area (Å²) in [6, 6.07) is 18.1. The van der Waals surface area contributed by atoms with Crippen LogP contribution in [0.2, 0.25) is 0 Å². The van der Waals surface area contributed by atoms with Crippen molar-refractivity contribution in [1.82, 2.24) is 20.8 Å². The number of hydrogen-bond acceptors (Lipinski definition) is 8. The molecular weight excluding hydrogens is 572 g/mol. The molecule has 0 radical (unpaired) electrons. The van der Waals surface area contributed by atoms with E-state index >= 15 is 0 Å². The van der Waals surface area contributed by atoms with E-state index in [2.05, 4.69) is 20.8 Å². The van der Waals surface area contributed by atoms with Crippen molar-refractivity contribution in [2.75, 3.05) is 13.1 Å². The molecule has 4 N–H and O–H groups in total.